The van der Waals surface area contributed by atoms with Gasteiger partial charge in [-0.25, -0.2) is 0 Å². The van der Waals surface area contributed by atoms with Crippen LogP contribution >= 0.6 is 0 Å². The third-order valence-corrected chi connectivity index (χ3v) is 3.37. The highest BCUT2D eigenvalue weighted by atomic mass is 16.5. The SMILES string of the molecule is CC1CNCC(C)N1CCOc1ccccc1. The lowest BCUT2D eigenvalue weighted by Crippen LogP contribution is -2.55. The van der Waals surface area contributed by atoms with Gasteiger partial charge < -0.3 is 10.1 Å². The number of nitrogens with zero attached hydrogens (tertiary/aromatic N) is 1. The minimum atomic E-state index is 0.595. The molecule has 0 spiro atoms. The van der Waals surface area contributed by atoms with Crippen LogP contribution < -0.4 is 10.1 Å². The van der Waals surface area contributed by atoms with E-state index in [-0.39, 0.29) is 0 Å². The first kappa shape index (κ1) is 12.4. The summed E-state index contributed by atoms with van der Waals surface area (Å²) in [5.41, 5.74) is 0. The summed E-state index contributed by atoms with van der Waals surface area (Å²) in [6.45, 7) is 8.46. The Morgan fingerprint density at radius 2 is 1.82 bits per heavy atom. The van der Waals surface area contributed by atoms with E-state index < -0.39 is 0 Å². The lowest BCUT2D eigenvalue weighted by molar-refractivity contribution is 0.0966. The van der Waals surface area contributed by atoms with Crippen LogP contribution in [0.5, 0.6) is 5.75 Å². The zero-order chi connectivity index (χ0) is 12.1. The highest BCUT2D eigenvalue weighted by Crippen LogP contribution is 2.11. The molecule has 0 bridgehead atoms. The maximum atomic E-state index is 5.74. The second kappa shape index (κ2) is 6.03. The molecule has 1 fully saturated rings. The van der Waals surface area contributed by atoms with E-state index in [0.717, 1.165) is 32.0 Å². The maximum Gasteiger partial charge on any atom is 0.119 e. The maximum absolute atomic E-state index is 5.74. The fourth-order valence-corrected chi connectivity index (χ4v) is 2.40. The van der Waals surface area contributed by atoms with Crippen molar-refractivity contribution in [2.75, 3.05) is 26.2 Å². The number of nitrogens with one attached hydrogen (secondary N) is 1. The fourth-order valence-electron chi connectivity index (χ4n) is 2.40. The number of hydrogen-bond acceptors (Lipinski definition) is 3. The molecule has 0 saturated carbocycles. The molecule has 1 N–H and O–H groups in total. The van der Waals surface area contributed by atoms with Crippen molar-refractivity contribution in [3.63, 3.8) is 0 Å². The van der Waals surface area contributed by atoms with Crippen LogP contribution in [0.2, 0.25) is 0 Å². The molecule has 0 radical (unpaired) electrons. The fraction of sp³-hybridized carbons (Fsp3) is 0.571. The number of para-hydroxylation sites is 1. The van der Waals surface area contributed by atoms with Crippen molar-refractivity contribution in [3.8, 4) is 5.75 Å². The van der Waals surface area contributed by atoms with Gasteiger partial charge in [0.2, 0.25) is 0 Å². The topological polar surface area (TPSA) is 24.5 Å². The molecule has 17 heavy (non-hydrogen) atoms. The van der Waals surface area contributed by atoms with Crippen LogP contribution in [-0.2, 0) is 0 Å². The van der Waals surface area contributed by atoms with E-state index in [1.807, 2.05) is 30.3 Å². The molecular weight excluding hydrogens is 212 g/mol. The highest BCUT2D eigenvalue weighted by molar-refractivity contribution is 5.20. The van der Waals surface area contributed by atoms with Crippen LogP contribution in [-0.4, -0.2) is 43.2 Å². The lowest BCUT2D eigenvalue weighted by atomic mass is 10.1. The number of rotatable bonds is 4. The van der Waals surface area contributed by atoms with Crippen LogP contribution in [0, 0.1) is 0 Å². The van der Waals surface area contributed by atoms with Gasteiger partial charge in [-0.05, 0) is 26.0 Å². The molecule has 1 saturated heterocycles. The lowest BCUT2D eigenvalue weighted by Gasteiger charge is -2.39. The monoisotopic (exact) mass is 234 g/mol. The van der Waals surface area contributed by atoms with Gasteiger partial charge in [0.15, 0.2) is 0 Å². The molecule has 0 aliphatic carbocycles. The first-order valence-corrected chi connectivity index (χ1v) is 6.41. The van der Waals surface area contributed by atoms with Gasteiger partial charge in [-0.3, -0.25) is 4.90 Å². The highest BCUT2D eigenvalue weighted by Gasteiger charge is 2.23. The number of piperazine rings is 1. The predicted octanol–water partition coefficient (Wildman–Crippen LogP) is 1.75. The largest absolute Gasteiger partial charge is 0.492 e. The zero-order valence-electron chi connectivity index (χ0n) is 10.7. The van der Waals surface area contributed by atoms with Crippen molar-refractivity contribution in [1.82, 2.24) is 10.2 Å². The number of ether oxygens (including phenoxy) is 1. The van der Waals surface area contributed by atoms with E-state index in [9.17, 15) is 0 Å². The van der Waals surface area contributed by atoms with E-state index in [1.54, 1.807) is 0 Å². The molecule has 2 rings (SSSR count). The summed E-state index contributed by atoms with van der Waals surface area (Å²) in [5, 5.41) is 3.44. The van der Waals surface area contributed by atoms with E-state index in [4.69, 9.17) is 4.74 Å². The Bertz CT molecular complexity index is 318. The molecule has 3 heteroatoms. The minimum absolute atomic E-state index is 0.595. The molecule has 0 aromatic heterocycles. The van der Waals surface area contributed by atoms with Crippen LogP contribution in [0.25, 0.3) is 0 Å². The Labute approximate surface area is 104 Å². The van der Waals surface area contributed by atoms with Gasteiger partial charge in [0, 0.05) is 31.7 Å². The van der Waals surface area contributed by atoms with E-state index in [1.165, 1.54) is 0 Å². The number of benzene rings is 1. The molecule has 0 amide bonds. The quantitative estimate of drug-likeness (QED) is 0.859. The van der Waals surface area contributed by atoms with Crippen molar-refractivity contribution >= 4 is 0 Å². The van der Waals surface area contributed by atoms with Crippen molar-refractivity contribution in [2.45, 2.75) is 25.9 Å². The van der Waals surface area contributed by atoms with E-state index in [2.05, 4.69) is 24.1 Å². The van der Waals surface area contributed by atoms with E-state index in [0.29, 0.717) is 12.1 Å². The summed E-state index contributed by atoms with van der Waals surface area (Å²) in [6, 6.07) is 11.2. The molecule has 2 unspecified atom stereocenters. The van der Waals surface area contributed by atoms with Crippen LogP contribution in [0.3, 0.4) is 0 Å². The van der Waals surface area contributed by atoms with Crippen molar-refractivity contribution in [2.24, 2.45) is 0 Å². The van der Waals surface area contributed by atoms with E-state index >= 15 is 0 Å². The summed E-state index contributed by atoms with van der Waals surface area (Å²) in [4.78, 5) is 2.51. The normalized spacial score (nSPS) is 25.8. The van der Waals surface area contributed by atoms with Crippen LogP contribution in [0.15, 0.2) is 30.3 Å². The summed E-state index contributed by atoms with van der Waals surface area (Å²) >= 11 is 0. The molecule has 94 valence electrons. The Balaban J connectivity index is 1.77. The van der Waals surface area contributed by atoms with Crippen molar-refractivity contribution < 1.29 is 4.74 Å². The van der Waals surface area contributed by atoms with Gasteiger partial charge in [0.1, 0.15) is 12.4 Å². The Morgan fingerprint density at radius 3 is 2.47 bits per heavy atom. The Hall–Kier alpha value is -1.06. The molecule has 1 heterocycles. The standard InChI is InChI=1S/C14H22N2O/c1-12-10-15-11-13(2)16(12)8-9-17-14-6-4-3-5-7-14/h3-7,12-13,15H,8-11H2,1-2H3. The van der Waals surface area contributed by atoms with Crippen molar-refractivity contribution in [3.05, 3.63) is 30.3 Å². The molecule has 3 nitrogen and oxygen atoms in total. The third-order valence-electron chi connectivity index (χ3n) is 3.37. The first-order valence-electron chi connectivity index (χ1n) is 6.41. The van der Waals surface area contributed by atoms with Crippen molar-refractivity contribution in [1.29, 1.82) is 0 Å². The van der Waals surface area contributed by atoms with Gasteiger partial charge in [0.25, 0.3) is 0 Å². The zero-order valence-corrected chi connectivity index (χ0v) is 10.7. The molecule has 1 aliphatic heterocycles. The van der Waals surface area contributed by atoms with Gasteiger partial charge in [-0.2, -0.15) is 0 Å². The Morgan fingerprint density at radius 1 is 1.18 bits per heavy atom. The predicted molar refractivity (Wildman–Crippen MR) is 70.4 cm³/mol. The second-order valence-electron chi connectivity index (χ2n) is 4.76. The molecule has 2 atom stereocenters. The van der Waals surface area contributed by atoms with Gasteiger partial charge in [0.05, 0.1) is 0 Å². The second-order valence-corrected chi connectivity index (χ2v) is 4.76. The average Bonchev–Trinajstić information content (AvgIpc) is 2.34. The van der Waals surface area contributed by atoms with Gasteiger partial charge in [-0.1, -0.05) is 18.2 Å². The molecule has 1 aliphatic rings. The summed E-state index contributed by atoms with van der Waals surface area (Å²) in [6.07, 6.45) is 0. The molecule has 1 aromatic carbocycles. The van der Waals surface area contributed by atoms with Gasteiger partial charge in [-0.15, -0.1) is 0 Å². The van der Waals surface area contributed by atoms with Crippen LogP contribution in [0.4, 0.5) is 0 Å². The van der Waals surface area contributed by atoms with Gasteiger partial charge >= 0.3 is 0 Å². The first-order chi connectivity index (χ1) is 8.27. The molecule has 1 aromatic rings. The molecular formula is C14H22N2O. The minimum Gasteiger partial charge on any atom is -0.492 e. The number of hydrogen-bond donors (Lipinski definition) is 1. The van der Waals surface area contributed by atoms with Crippen LogP contribution in [0.1, 0.15) is 13.8 Å². The smallest absolute Gasteiger partial charge is 0.119 e. The summed E-state index contributed by atoms with van der Waals surface area (Å²) < 4.78 is 5.74. The Kier molecular flexibility index (Phi) is 4.40. The third kappa shape index (κ3) is 3.45. The summed E-state index contributed by atoms with van der Waals surface area (Å²) in [5.74, 6) is 0.961. The summed E-state index contributed by atoms with van der Waals surface area (Å²) in [7, 11) is 0. The average molecular weight is 234 g/mol.